The fraction of sp³-hybridized carbons (Fsp3) is 0.438. The SMILES string of the molecule is Cc1ccc2[nH]c(C(=O)N3CCC(C)CC3)cc2c1. The molecule has 1 N–H and O–H groups in total. The molecule has 2 heterocycles. The van der Waals surface area contributed by atoms with Gasteiger partial charge in [0.05, 0.1) is 0 Å². The molecule has 3 nitrogen and oxygen atoms in total. The maximum Gasteiger partial charge on any atom is 0.270 e. The van der Waals surface area contributed by atoms with Crippen molar-refractivity contribution in [3.63, 3.8) is 0 Å². The molecule has 1 saturated heterocycles. The number of nitrogens with one attached hydrogen (secondary N) is 1. The maximum absolute atomic E-state index is 12.5. The summed E-state index contributed by atoms with van der Waals surface area (Å²) in [6, 6.07) is 8.19. The average molecular weight is 256 g/mol. The van der Waals surface area contributed by atoms with E-state index in [1.165, 1.54) is 5.56 Å². The Labute approximate surface area is 113 Å². The number of nitrogens with zero attached hydrogens (tertiary/aromatic N) is 1. The van der Waals surface area contributed by atoms with Crippen molar-refractivity contribution in [3.8, 4) is 0 Å². The van der Waals surface area contributed by atoms with Gasteiger partial charge >= 0.3 is 0 Å². The number of benzene rings is 1. The van der Waals surface area contributed by atoms with Gasteiger partial charge in [0.1, 0.15) is 5.69 Å². The van der Waals surface area contributed by atoms with Crippen LogP contribution in [0.5, 0.6) is 0 Å². The largest absolute Gasteiger partial charge is 0.351 e. The zero-order valence-electron chi connectivity index (χ0n) is 11.6. The maximum atomic E-state index is 12.5. The number of aryl methyl sites for hydroxylation is 1. The second kappa shape index (κ2) is 4.72. The van der Waals surface area contributed by atoms with Crippen molar-refractivity contribution in [2.24, 2.45) is 5.92 Å². The summed E-state index contributed by atoms with van der Waals surface area (Å²) in [6.45, 7) is 6.09. The molecule has 0 spiro atoms. The smallest absolute Gasteiger partial charge is 0.270 e. The number of rotatable bonds is 1. The lowest BCUT2D eigenvalue weighted by Crippen LogP contribution is -2.38. The average Bonchev–Trinajstić information content (AvgIpc) is 2.81. The van der Waals surface area contributed by atoms with E-state index in [9.17, 15) is 4.79 Å². The number of H-pyrrole nitrogens is 1. The van der Waals surface area contributed by atoms with Gasteiger partial charge in [0, 0.05) is 24.0 Å². The summed E-state index contributed by atoms with van der Waals surface area (Å²) in [6.07, 6.45) is 2.23. The van der Waals surface area contributed by atoms with Crippen molar-refractivity contribution >= 4 is 16.8 Å². The minimum atomic E-state index is 0.140. The topological polar surface area (TPSA) is 36.1 Å². The van der Waals surface area contributed by atoms with Crippen LogP contribution in [0.4, 0.5) is 0 Å². The first-order valence-corrected chi connectivity index (χ1v) is 7.02. The summed E-state index contributed by atoms with van der Waals surface area (Å²) in [5.41, 5.74) is 2.98. The molecule has 1 aromatic heterocycles. The predicted octanol–water partition coefficient (Wildman–Crippen LogP) is 3.35. The highest BCUT2D eigenvalue weighted by molar-refractivity contribution is 5.98. The van der Waals surface area contributed by atoms with Crippen LogP contribution in [-0.4, -0.2) is 28.9 Å². The Morgan fingerprint density at radius 1 is 1.26 bits per heavy atom. The monoisotopic (exact) mass is 256 g/mol. The van der Waals surface area contributed by atoms with Gasteiger partial charge in [0.2, 0.25) is 0 Å². The molecule has 1 fully saturated rings. The number of aromatic amines is 1. The first-order valence-electron chi connectivity index (χ1n) is 7.02. The van der Waals surface area contributed by atoms with E-state index in [0.29, 0.717) is 0 Å². The van der Waals surface area contributed by atoms with E-state index in [4.69, 9.17) is 0 Å². The Bertz CT molecular complexity index is 606. The molecule has 0 aliphatic carbocycles. The van der Waals surface area contributed by atoms with Gasteiger partial charge in [-0.15, -0.1) is 0 Å². The molecule has 1 amide bonds. The Kier molecular flexibility index (Phi) is 3.05. The summed E-state index contributed by atoms with van der Waals surface area (Å²) >= 11 is 0. The molecule has 0 radical (unpaired) electrons. The third-order valence-corrected chi connectivity index (χ3v) is 4.08. The Balaban J connectivity index is 1.85. The summed E-state index contributed by atoms with van der Waals surface area (Å²) in [5, 5.41) is 1.12. The lowest BCUT2D eigenvalue weighted by molar-refractivity contribution is 0.0692. The molecule has 3 heteroatoms. The standard InChI is InChI=1S/C16H20N2O/c1-11-5-7-18(8-6-11)16(19)15-10-13-9-12(2)3-4-14(13)17-15/h3-4,9-11,17H,5-8H2,1-2H3. The van der Waals surface area contributed by atoms with Crippen LogP contribution in [-0.2, 0) is 0 Å². The molecule has 19 heavy (non-hydrogen) atoms. The lowest BCUT2D eigenvalue weighted by atomic mass is 9.99. The molecule has 0 saturated carbocycles. The van der Waals surface area contributed by atoms with Crippen molar-refractivity contribution in [1.82, 2.24) is 9.88 Å². The van der Waals surface area contributed by atoms with E-state index in [2.05, 4.69) is 31.0 Å². The van der Waals surface area contributed by atoms with E-state index in [1.54, 1.807) is 0 Å². The highest BCUT2D eigenvalue weighted by Gasteiger charge is 2.22. The zero-order chi connectivity index (χ0) is 13.4. The molecule has 0 atom stereocenters. The van der Waals surface area contributed by atoms with Crippen LogP contribution in [0.2, 0.25) is 0 Å². The summed E-state index contributed by atoms with van der Waals surface area (Å²) in [5.74, 6) is 0.884. The van der Waals surface area contributed by atoms with Gasteiger partial charge < -0.3 is 9.88 Å². The third-order valence-electron chi connectivity index (χ3n) is 4.08. The van der Waals surface area contributed by atoms with E-state index >= 15 is 0 Å². The first-order chi connectivity index (χ1) is 9.13. The number of amides is 1. The van der Waals surface area contributed by atoms with Gasteiger partial charge in [0.15, 0.2) is 0 Å². The van der Waals surface area contributed by atoms with Crippen molar-refractivity contribution in [3.05, 3.63) is 35.5 Å². The quantitative estimate of drug-likeness (QED) is 0.834. The molecule has 0 bridgehead atoms. The Hall–Kier alpha value is -1.77. The first kappa shape index (κ1) is 12.3. The molecule has 2 aromatic rings. The predicted molar refractivity (Wildman–Crippen MR) is 77.3 cm³/mol. The van der Waals surface area contributed by atoms with E-state index in [1.807, 2.05) is 17.0 Å². The van der Waals surface area contributed by atoms with Gasteiger partial charge in [0.25, 0.3) is 5.91 Å². The molecule has 0 unspecified atom stereocenters. The fourth-order valence-electron chi connectivity index (χ4n) is 2.75. The Morgan fingerprint density at radius 2 is 2.00 bits per heavy atom. The summed E-state index contributed by atoms with van der Waals surface area (Å²) < 4.78 is 0. The van der Waals surface area contributed by atoms with Crippen molar-refractivity contribution in [1.29, 1.82) is 0 Å². The van der Waals surface area contributed by atoms with Crippen molar-refractivity contribution in [2.75, 3.05) is 13.1 Å². The minimum absolute atomic E-state index is 0.140. The van der Waals surface area contributed by atoms with E-state index in [-0.39, 0.29) is 5.91 Å². The van der Waals surface area contributed by atoms with Gasteiger partial charge in [-0.1, -0.05) is 18.6 Å². The molecule has 3 rings (SSSR count). The second-order valence-corrected chi connectivity index (χ2v) is 5.75. The van der Waals surface area contributed by atoms with E-state index in [0.717, 1.165) is 48.4 Å². The molecular formula is C16H20N2O. The normalized spacial score (nSPS) is 17.1. The van der Waals surface area contributed by atoms with Crippen LogP contribution >= 0.6 is 0 Å². The summed E-state index contributed by atoms with van der Waals surface area (Å²) in [4.78, 5) is 17.7. The minimum Gasteiger partial charge on any atom is -0.351 e. The van der Waals surface area contributed by atoms with Crippen LogP contribution in [0.3, 0.4) is 0 Å². The molecule has 1 aromatic carbocycles. The zero-order valence-corrected chi connectivity index (χ0v) is 11.6. The number of hydrogen-bond acceptors (Lipinski definition) is 1. The molecule has 1 aliphatic heterocycles. The van der Waals surface area contributed by atoms with E-state index < -0.39 is 0 Å². The van der Waals surface area contributed by atoms with Crippen molar-refractivity contribution in [2.45, 2.75) is 26.7 Å². The number of carbonyl (C=O) groups excluding carboxylic acids is 1. The van der Waals surface area contributed by atoms with Gasteiger partial charge in [-0.3, -0.25) is 4.79 Å². The molecule has 1 aliphatic rings. The Morgan fingerprint density at radius 3 is 2.74 bits per heavy atom. The van der Waals surface area contributed by atoms with Crippen LogP contribution in [0.1, 0.15) is 35.8 Å². The highest BCUT2D eigenvalue weighted by Crippen LogP contribution is 2.21. The number of likely N-dealkylation sites (tertiary alicyclic amines) is 1. The molecule has 100 valence electrons. The highest BCUT2D eigenvalue weighted by atomic mass is 16.2. The number of aromatic nitrogens is 1. The number of fused-ring (bicyclic) bond motifs is 1. The number of hydrogen-bond donors (Lipinski definition) is 1. The lowest BCUT2D eigenvalue weighted by Gasteiger charge is -2.29. The van der Waals surface area contributed by atoms with Crippen LogP contribution < -0.4 is 0 Å². The van der Waals surface area contributed by atoms with Crippen molar-refractivity contribution < 1.29 is 4.79 Å². The van der Waals surface area contributed by atoms with Gasteiger partial charge in [-0.2, -0.15) is 0 Å². The number of piperidine rings is 1. The summed E-state index contributed by atoms with van der Waals surface area (Å²) in [7, 11) is 0. The van der Waals surface area contributed by atoms with Crippen LogP contribution in [0.15, 0.2) is 24.3 Å². The van der Waals surface area contributed by atoms with Crippen LogP contribution in [0.25, 0.3) is 10.9 Å². The van der Waals surface area contributed by atoms with Gasteiger partial charge in [-0.05, 0) is 43.9 Å². The second-order valence-electron chi connectivity index (χ2n) is 5.75. The third kappa shape index (κ3) is 2.37. The fourth-order valence-corrected chi connectivity index (χ4v) is 2.75. The van der Waals surface area contributed by atoms with Gasteiger partial charge in [-0.25, -0.2) is 0 Å². The van der Waals surface area contributed by atoms with Crippen LogP contribution in [0, 0.1) is 12.8 Å². The number of carbonyl (C=O) groups is 1. The molecular weight excluding hydrogens is 236 g/mol.